The van der Waals surface area contributed by atoms with E-state index in [1.54, 1.807) is 36.4 Å². The summed E-state index contributed by atoms with van der Waals surface area (Å²) in [7, 11) is -3.69. The maximum atomic E-state index is 12.8. The van der Waals surface area contributed by atoms with Crippen LogP contribution in [0.2, 0.25) is 0 Å². The first-order valence-corrected chi connectivity index (χ1v) is 11.2. The summed E-state index contributed by atoms with van der Waals surface area (Å²) < 4.78 is 28.2. The van der Waals surface area contributed by atoms with E-state index in [4.69, 9.17) is 5.11 Å². The Morgan fingerprint density at radius 1 is 0.935 bits per heavy atom. The van der Waals surface area contributed by atoms with E-state index >= 15 is 0 Å². The molecule has 0 saturated carbocycles. The Balaban J connectivity index is 1.64. The lowest BCUT2D eigenvalue weighted by Crippen LogP contribution is -2.23. The monoisotopic (exact) mass is 435 g/mol. The van der Waals surface area contributed by atoms with E-state index in [1.807, 2.05) is 30.3 Å². The van der Waals surface area contributed by atoms with E-state index in [0.29, 0.717) is 34.7 Å². The SMILES string of the molecule is O=S(=O)(NCc1ccccc1)c1cccc(-c2ccc3ncnc(NCCO)c3n2)c1. The van der Waals surface area contributed by atoms with Crippen molar-refractivity contribution in [1.82, 2.24) is 19.7 Å². The van der Waals surface area contributed by atoms with Crippen molar-refractivity contribution in [2.24, 2.45) is 0 Å². The van der Waals surface area contributed by atoms with Gasteiger partial charge in [0.05, 0.1) is 22.7 Å². The topological polar surface area (TPSA) is 117 Å². The summed E-state index contributed by atoms with van der Waals surface area (Å²) >= 11 is 0. The summed E-state index contributed by atoms with van der Waals surface area (Å²) in [6.07, 6.45) is 1.43. The van der Waals surface area contributed by atoms with E-state index in [-0.39, 0.29) is 18.0 Å². The normalized spacial score (nSPS) is 11.5. The zero-order chi connectivity index (χ0) is 21.7. The molecule has 2 heterocycles. The van der Waals surface area contributed by atoms with Gasteiger partial charge in [-0.2, -0.15) is 0 Å². The number of nitrogens with one attached hydrogen (secondary N) is 2. The minimum atomic E-state index is -3.69. The van der Waals surface area contributed by atoms with Gasteiger partial charge in [-0.25, -0.2) is 28.1 Å². The molecule has 0 atom stereocenters. The third-order valence-corrected chi connectivity index (χ3v) is 6.03. The van der Waals surface area contributed by atoms with Gasteiger partial charge < -0.3 is 10.4 Å². The number of fused-ring (bicyclic) bond motifs is 1. The van der Waals surface area contributed by atoms with Gasteiger partial charge in [-0.3, -0.25) is 0 Å². The molecule has 0 fully saturated rings. The first-order valence-electron chi connectivity index (χ1n) is 9.67. The molecule has 9 heteroatoms. The molecule has 0 aliphatic carbocycles. The van der Waals surface area contributed by atoms with E-state index in [1.165, 1.54) is 6.33 Å². The highest BCUT2D eigenvalue weighted by molar-refractivity contribution is 7.89. The number of hydrogen-bond acceptors (Lipinski definition) is 7. The van der Waals surface area contributed by atoms with Crippen LogP contribution in [0.1, 0.15) is 5.56 Å². The number of pyridine rings is 1. The molecule has 0 unspecified atom stereocenters. The lowest BCUT2D eigenvalue weighted by atomic mass is 10.1. The maximum Gasteiger partial charge on any atom is 0.240 e. The van der Waals surface area contributed by atoms with E-state index in [0.717, 1.165) is 5.56 Å². The fourth-order valence-corrected chi connectivity index (χ4v) is 4.15. The number of benzene rings is 2. The second-order valence-electron chi connectivity index (χ2n) is 6.77. The molecule has 2 aromatic carbocycles. The second-order valence-corrected chi connectivity index (χ2v) is 8.54. The number of nitrogens with zero attached hydrogens (tertiary/aromatic N) is 3. The standard InChI is InChI=1S/C22H21N5O3S/c28-12-11-23-22-21-20(24-15-25-22)10-9-19(27-21)17-7-4-8-18(13-17)31(29,30)26-14-16-5-2-1-3-6-16/h1-10,13,15,26,28H,11-12,14H2,(H,23,24,25). The number of sulfonamides is 1. The van der Waals surface area contributed by atoms with Crippen molar-refractivity contribution in [3.05, 3.63) is 78.6 Å². The largest absolute Gasteiger partial charge is 0.395 e. The second kappa shape index (κ2) is 9.17. The van der Waals surface area contributed by atoms with Gasteiger partial charge in [-0.15, -0.1) is 0 Å². The first kappa shape index (κ1) is 20.9. The molecule has 0 spiro atoms. The average molecular weight is 436 g/mol. The van der Waals surface area contributed by atoms with Crippen LogP contribution in [-0.2, 0) is 16.6 Å². The minimum Gasteiger partial charge on any atom is -0.395 e. The predicted molar refractivity (Wildman–Crippen MR) is 119 cm³/mol. The molecule has 31 heavy (non-hydrogen) atoms. The third-order valence-electron chi connectivity index (χ3n) is 4.64. The number of hydrogen-bond donors (Lipinski definition) is 3. The Labute approximate surface area is 180 Å². The van der Waals surface area contributed by atoms with Gasteiger partial charge in [0.1, 0.15) is 11.8 Å². The third kappa shape index (κ3) is 4.85. The Hall–Kier alpha value is -3.40. The number of aliphatic hydroxyl groups is 1. The summed E-state index contributed by atoms with van der Waals surface area (Å²) in [6, 6.07) is 19.6. The van der Waals surface area contributed by atoms with Crippen LogP contribution >= 0.6 is 0 Å². The minimum absolute atomic E-state index is 0.0406. The average Bonchev–Trinajstić information content (AvgIpc) is 2.82. The number of rotatable bonds is 8. The molecule has 3 N–H and O–H groups in total. The zero-order valence-electron chi connectivity index (χ0n) is 16.6. The fourth-order valence-electron chi connectivity index (χ4n) is 3.08. The van der Waals surface area contributed by atoms with Crippen molar-refractivity contribution in [1.29, 1.82) is 0 Å². The quantitative estimate of drug-likeness (QED) is 0.389. The molecular formula is C22H21N5O3S. The Morgan fingerprint density at radius 2 is 1.77 bits per heavy atom. The molecule has 2 aromatic heterocycles. The number of aliphatic hydroxyl groups excluding tert-OH is 1. The van der Waals surface area contributed by atoms with Crippen molar-refractivity contribution in [3.8, 4) is 11.3 Å². The summed E-state index contributed by atoms with van der Waals surface area (Å²) in [5.41, 5.74) is 3.31. The van der Waals surface area contributed by atoms with E-state index < -0.39 is 10.0 Å². The molecule has 0 amide bonds. The lowest BCUT2D eigenvalue weighted by Gasteiger charge is -2.10. The van der Waals surface area contributed by atoms with Crippen molar-refractivity contribution in [2.75, 3.05) is 18.5 Å². The van der Waals surface area contributed by atoms with Crippen LogP contribution in [0.5, 0.6) is 0 Å². The zero-order valence-corrected chi connectivity index (χ0v) is 17.4. The molecule has 0 radical (unpaired) electrons. The highest BCUT2D eigenvalue weighted by Gasteiger charge is 2.15. The predicted octanol–water partition coefficient (Wildman–Crippen LogP) is 2.57. The van der Waals surface area contributed by atoms with Gasteiger partial charge in [-0.1, -0.05) is 42.5 Å². The van der Waals surface area contributed by atoms with Gasteiger partial charge in [0.25, 0.3) is 0 Å². The number of aromatic nitrogens is 3. The van der Waals surface area contributed by atoms with Gasteiger partial charge in [0.2, 0.25) is 10.0 Å². The summed E-state index contributed by atoms with van der Waals surface area (Å²) in [5, 5.41) is 12.1. The molecule has 158 valence electrons. The summed E-state index contributed by atoms with van der Waals surface area (Å²) in [4.78, 5) is 13.2. The van der Waals surface area contributed by atoms with Crippen LogP contribution in [0, 0.1) is 0 Å². The van der Waals surface area contributed by atoms with Gasteiger partial charge in [0.15, 0.2) is 5.82 Å². The molecule has 8 nitrogen and oxygen atoms in total. The molecule has 0 saturated heterocycles. The van der Waals surface area contributed by atoms with Crippen molar-refractivity contribution >= 4 is 26.9 Å². The Bertz CT molecular complexity index is 1300. The molecular weight excluding hydrogens is 414 g/mol. The van der Waals surface area contributed by atoms with Crippen LogP contribution in [0.4, 0.5) is 5.82 Å². The number of anilines is 1. The highest BCUT2D eigenvalue weighted by Crippen LogP contribution is 2.25. The van der Waals surface area contributed by atoms with Gasteiger partial charge in [0, 0.05) is 18.7 Å². The van der Waals surface area contributed by atoms with Crippen LogP contribution in [0.15, 0.2) is 78.0 Å². The van der Waals surface area contributed by atoms with E-state index in [2.05, 4.69) is 25.0 Å². The van der Waals surface area contributed by atoms with Gasteiger partial charge in [-0.05, 0) is 29.8 Å². The van der Waals surface area contributed by atoms with Crippen molar-refractivity contribution in [3.63, 3.8) is 0 Å². The van der Waals surface area contributed by atoms with Crippen LogP contribution < -0.4 is 10.0 Å². The molecule has 0 aliphatic rings. The van der Waals surface area contributed by atoms with Crippen LogP contribution in [0.25, 0.3) is 22.3 Å². The molecule has 0 bridgehead atoms. The van der Waals surface area contributed by atoms with Crippen LogP contribution in [0.3, 0.4) is 0 Å². The highest BCUT2D eigenvalue weighted by atomic mass is 32.2. The summed E-state index contributed by atoms with van der Waals surface area (Å²) in [6.45, 7) is 0.499. The first-order chi connectivity index (χ1) is 15.1. The Morgan fingerprint density at radius 3 is 2.58 bits per heavy atom. The van der Waals surface area contributed by atoms with Crippen LogP contribution in [-0.4, -0.2) is 41.6 Å². The molecule has 4 aromatic rings. The maximum absolute atomic E-state index is 12.8. The summed E-state index contributed by atoms with van der Waals surface area (Å²) in [5.74, 6) is 0.509. The molecule has 0 aliphatic heterocycles. The smallest absolute Gasteiger partial charge is 0.240 e. The molecule has 4 rings (SSSR count). The van der Waals surface area contributed by atoms with Crippen molar-refractivity contribution < 1.29 is 13.5 Å². The lowest BCUT2D eigenvalue weighted by molar-refractivity contribution is 0.311. The van der Waals surface area contributed by atoms with Gasteiger partial charge >= 0.3 is 0 Å². The Kier molecular flexibility index (Phi) is 6.17. The fraction of sp³-hybridized carbons (Fsp3) is 0.136. The van der Waals surface area contributed by atoms with Crippen molar-refractivity contribution in [2.45, 2.75) is 11.4 Å². The van der Waals surface area contributed by atoms with E-state index in [9.17, 15) is 8.42 Å².